The molecule has 0 spiro atoms. The van der Waals surface area contributed by atoms with Crippen LogP contribution in [-0.4, -0.2) is 76.1 Å². The summed E-state index contributed by atoms with van der Waals surface area (Å²) in [5, 5.41) is 16.1. The average Bonchev–Trinajstić information content (AvgIpc) is 3.17. The van der Waals surface area contributed by atoms with Gasteiger partial charge in [0.1, 0.15) is 5.75 Å². The Morgan fingerprint density at radius 3 is 2.63 bits per heavy atom. The fourth-order valence-electron chi connectivity index (χ4n) is 3.36. The first-order chi connectivity index (χ1) is 14.1. The summed E-state index contributed by atoms with van der Waals surface area (Å²) in [4.78, 5) is 6.86. The molecule has 1 aliphatic rings. The van der Waals surface area contributed by atoms with Gasteiger partial charge in [0.15, 0.2) is 5.96 Å². The molecule has 0 aromatic heterocycles. The van der Waals surface area contributed by atoms with E-state index in [1.165, 1.54) is 0 Å². The highest BCUT2D eigenvalue weighted by molar-refractivity contribution is 14.0. The predicted octanol–water partition coefficient (Wildman–Crippen LogP) is 2.48. The molecule has 1 saturated heterocycles. The number of aliphatic hydroxyl groups excluding tert-OH is 1. The van der Waals surface area contributed by atoms with Crippen LogP contribution in [0.15, 0.2) is 29.3 Å². The highest BCUT2D eigenvalue weighted by Gasteiger charge is 2.34. The van der Waals surface area contributed by atoms with Crippen LogP contribution in [0.4, 0.5) is 0 Å². The van der Waals surface area contributed by atoms with E-state index in [1.54, 1.807) is 0 Å². The van der Waals surface area contributed by atoms with Crippen LogP contribution in [-0.2, 0) is 11.3 Å². The molecular weight excluding hydrogens is 495 g/mol. The molecule has 172 valence electrons. The molecule has 0 bridgehead atoms. The van der Waals surface area contributed by atoms with Crippen molar-refractivity contribution in [2.75, 3.05) is 60.2 Å². The Balaban J connectivity index is 0.00000450. The Hall–Kier alpha value is -1.10. The zero-order chi connectivity index (χ0) is 21.0. The zero-order valence-corrected chi connectivity index (χ0v) is 21.0. The lowest BCUT2D eigenvalue weighted by molar-refractivity contribution is 0.127. The molecule has 30 heavy (non-hydrogen) atoms. The van der Waals surface area contributed by atoms with Gasteiger partial charge >= 0.3 is 0 Å². The second-order valence-electron chi connectivity index (χ2n) is 7.97. The van der Waals surface area contributed by atoms with Gasteiger partial charge in [-0.1, -0.05) is 12.1 Å². The first kappa shape index (κ1) is 26.9. The van der Waals surface area contributed by atoms with Crippen molar-refractivity contribution in [2.45, 2.75) is 32.7 Å². The molecule has 1 aromatic rings. The number of aliphatic imine (C=N–C) groups is 1. The number of rotatable bonds is 12. The minimum absolute atomic E-state index is 0. The molecule has 2 rings (SSSR count). The Labute approximate surface area is 198 Å². The number of hydrogen-bond acceptors (Lipinski definition) is 5. The van der Waals surface area contributed by atoms with E-state index in [2.05, 4.69) is 48.7 Å². The molecule has 0 radical (unpaired) electrons. The lowest BCUT2D eigenvalue weighted by atomic mass is 9.84. The molecule has 7 nitrogen and oxygen atoms in total. The topological polar surface area (TPSA) is 78.4 Å². The maximum Gasteiger partial charge on any atom is 0.191 e. The maximum atomic E-state index is 9.39. The van der Waals surface area contributed by atoms with Crippen LogP contribution in [0.5, 0.6) is 5.75 Å². The van der Waals surface area contributed by atoms with Gasteiger partial charge in [-0.3, -0.25) is 0 Å². The van der Waals surface area contributed by atoms with Crippen molar-refractivity contribution < 1.29 is 14.6 Å². The Kier molecular flexibility index (Phi) is 13.3. The summed E-state index contributed by atoms with van der Waals surface area (Å²) in [6, 6.07) is 8.14. The number of ether oxygens (including phenoxy) is 2. The summed E-state index contributed by atoms with van der Waals surface area (Å²) in [5.74, 6) is 1.69. The van der Waals surface area contributed by atoms with Gasteiger partial charge in [0, 0.05) is 38.3 Å². The molecule has 8 heteroatoms. The van der Waals surface area contributed by atoms with Gasteiger partial charge in [0.2, 0.25) is 0 Å². The third-order valence-corrected chi connectivity index (χ3v) is 5.16. The number of guanidine groups is 1. The average molecular weight is 534 g/mol. The van der Waals surface area contributed by atoms with Crippen LogP contribution < -0.4 is 15.4 Å². The largest absolute Gasteiger partial charge is 0.494 e. The van der Waals surface area contributed by atoms with Gasteiger partial charge in [-0.15, -0.1) is 24.0 Å². The third-order valence-electron chi connectivity index (χ3n) is 5.16. The monoisotopic (exact) mass is 534 g/mol. The van der Waals surface area contributed by atoms with Crippen molar-refractivity contribution in [1.29, 1.82) is 0 Å². The maximum absolute atomic E-state index is 9.39. The SMILES string of the molecule is CCNC(=NCc1ccc(OCCCN(C)C)cc1)NCC1(CCO)CCOC1.I. The zero-order valence-electron chi connectivity index (χ0n) is 18.7. The standard InChI is InChI=1S/C22H38N4O3.HI/c1-4-23-21(25-17-22(10-13-27)11-15-28-18-22)24-16-19-6-8-20(9-7-19)29-14-5-12-26(2)3;/h6-9,27H,4-5,10-18H2,1-3H3,(H2,23,24,25);1H. The fraction of sp³-hybridized carbons (Fsp3) is 0.682. The minimum Gasteiger partial charge on any atom is -0.494 e. The van der Waals surface area contributed by atoms with Crippen LogP contribution in [0.1, 0.15) is 31.7 Å². The van der Waals surface area contributed by atoms with Crippen LogP contribution in [0, 0.1) is 5.41 Å². The summed E-state index contributed by atoms with van der Waals surface area (Å²) >= 11 is 0. The summed E-state index contributed by atoms with van der Waals surface area (Å²) < 4.78 is 11.4. The lowest BCUT2D eigenvalue weighted by Gasteiger charge is -2.27. The Morgan fingerprint density at radius 2 is 2.03 bits per heavy atom. The van der Waals surface area contributed by atoms with Gasteiger partial charge in [-0.25, -0.2) is 4.99 Å². The van der Waals surface area contributed by atoms with E-state index in [-0.39, 0.29) is 36.0 Å². The first-order valence-electron chi connectivity index (χ1n) is 10.6. The van der Waals surface area contributed by atoms with Gasteiger partial charge in [0.25, 0.3) is 0 Å². The number of aliphatic hydroxyl groups is 1. The van der Waals surface area contributed by atoms with Gasteiger partial charge < -0.3 is 30.1 Å². The van der Waals surface area contributed by atoms with Gasteiger partial charge in [0.05, 0.1) is 19.8 Å². The lowest BCUT2D eigenvalue weighted by Crippen LogP contribution is -2.44. The third kappa shape index (κ3) is 9.80. The molecule has 0 amide bonds. The number of hydrogen-bond donors (Lipinski definition) is 3. The van der Waals surface area contributed by atoms with Crippen molar-refractivity contribution in [1.82, 2.24) is 15.5 Å². The normalized spacial score (nSPS) is 18.9. The van der Waals surface area contributed by atoms with Crippen molar-refractivity contribution in [3.8, 4) is 5.75 Å². The summed E-state index contributed by atoms with van der Waals surface area (Å²) in [7, 11) is 4.14. The van der Waals surface area contributed by atoms with Crippen molar-refractivity contribution in [3.63, 3.8) is 0 Å². The van der Waals surface area contributed by atoms with Crippen LogP contribution in [0.2, 0.25) is 0 Å². The molecule has 3 N–H and O–H groups in total. The van der Waals surface area contributed by atoms with Crippen LogP contribution in [0.3, 0.4) is 0 Å². The number of benzene rings is 1. The molecule has 0 saturated carbocycles. The molecule has 1 heterocycles. The number of halogens is 1. The summed E-state index contributed by atoms with van der Waals surface area (Å²) in [6.07, 6.45) is 2.73. The van der Waals surface area contributed by atoms with Crippen LogP contribution >= 0.6 is 24.0 Å². The first-order valence-corrected chi connectivity index (χ1v) is 10.6. The van der Waals surface area contributed by atoms with Crippen LogP contribution in [0.25, 0.3) is 0 Å². The van der Waals surface area contributed by atoms with Gasteiger partial charge in [-0.2, -0.15) is 0 Å². The van der Waals surface area contributed by atoms with Crippen molar-refractivity contribution in [3.05, 3.63) is 29.8 Å². The van der Waals surface area contributed by atoms with E-state index in [0.29, 0.717) is 13.2 Å². The number of nitrogens with one attached hydrogen (secondary N) is 2. The molecule has 1 aliphatic heterocycles. The van der Waals surface area contributed by atoms with E-state index in [9.17, 15) is 5.11 Å². The predicted molar refractivity (Wildman–Crippen MR) is 133 cm³/mol. The highest BCUT2D eigenvalue weighted by Crippen LogP contribution is 2.31. The molecule has 0 aliphatic carbocycles. The summed E-state index contributed by atoms with van der Waals surface area (Å²) in [5.41, 5.74) is 1.13. The molecular formula is C22H39IN4O3. The van der Waals surface area contributed by atoms with Crippen molar-refractivity contribution >= 4 is 29.9 Å². The Bertz CT molecular complexity index is 605. The summed E-state index contributed by atoms with van der Waals surface area (Å²) in [6.45, 7) is 7.59. The van der Waals surface area contributed by atoms with E-state index in [1.807, 2.05) is 12.1 Å². The quantitative estimate of drug-likeness (QED) is 0.166. The molecule has 1 unspecified atom stereocenters. The van der Waals surface area contributed by atoms with Crippen molar-refractivity contribution in [2.24, 2.45) is 10.4 Å². The van der Waals surface area contributed by atoms with E-state index >= 15 is 0 Å². The second kappa shape index (κ2) is 14.8. The highest BCUT2D eigenvalue weighted by atomic mass is 127. The Morgan fingerprint density at radius 1 is 1.27 bits per heavy atom. The molecule has 1 atom stereocenters. The number of nitrogens with zero attached hydrogens (tertiary/aromatic N) is 2. The van der Waals surface area contributed by atoms with E-state index in [0.717, 1.165) is 69.4 Å². The second-order valence-corrected chi connectivity index (χ2v) is 7.97. The van der Waals surface area contributed by atoms with Gasteiger partial charge in [-0.05, 0) is 58.0 Å². The molecule has 1 fully saturated rings. The minimum atomic E-state index is -0.00346. The van der Waals surface area contributed by atoms with E-state index < -0.39 is 0 Å². The van der Waals surface area contributed by atoms with E-state index in [4.69, 9.17) is 14.5 Å². The molecule has 1 aromatic carbocycles. The smallest absolute Gasteiger partial charge is 0.191 e. The fourth-order valence-corrected chi connectivity index (χ4v) is 3.36.